The number of alkyl halides is 4. The monoisotopic (exact) mass is 284 g/mol. The molecule has 0 aliphatic carbocycles. The second-order valence-corrected chi connectivity index (χ2v) is 3.15. The SMILES string of the molecule is FC(c1cccc([B-](F)(F)F)c1)C(F)(F)F.[K+]. The van der Waals surface area contributed by atoms with Gasteiger partial charge in [0.1, 0.15) is 0 Å². The number of hydrogen-bond donors (Lipinski definition) is 0. The molecule has 0 spiro atoms. The Morgan fingerprint density at radius 1 is 1.06 bits per heavy atom. The van der Waals surface area contributed by atoms with Crippen LogP contribution < -0.4 is 56.8 Å². The van der Waals surface area contributed by atoms with Crippen molar-refractivity contribution in [2.24, 2.45) is 0 Å². The van der Waals surface area contributed by atoms with E-state index in [1.165, 1.54) is 0 Å². The zero-order chi connectivity index (χ0) is 12.6. The van der Waals surface area contributed by atoms with Crippen molar-refractivity contribution in [3.63, 3.8) is 0 Å². The number of benzene rings is 1. The van der Waals surface area contributed by atoms with Crippen LogP contribution in [0.5, 0.6) is 0 Å². The maximum atomic E-state index is 12.7. The van der Waals surface area contributed by atoms with Crippen molar-refractivity contribution < 1.29 is 81.9 Å². The summed E-state index contributed by atoms with van der Waals surface area (Å²) in [5.41, 5.74) is -2.28. The van der Waals surface area contributed by atoms with Crippen LogP contribution in [0.25, 0.3) is 0 Å². The van der Waals surface area contributed by atoms with Gasteiger partial charge in [-0.3, -0.25) is 0 Å². The largest absolute Gasteiger partial charge is 1.00 e. The molecule has 1 aromatic rings. The normalized spacial score (nSPS) is 14.1. The maximum absolute atomic E-state index is 12.7. The molecule has 0 fully saturated rings. The molecule has 90 valence electrons. The first kappa shape index (κ1) is 17.4. The van der Waals surface area contributed by atoms with Crippen LogP contribution in [0.3, 0.4) is 0 Å². The molecule has 0 heterocycles. The summed E-state index contributed by atoms with van der Waals surface area (Å²) in [4.78, 5) is 0. The van der Waals surface area contributed by atoms with Gasteiger partial charge in [0.15, 0.2) is 0 Å². The number of hydrogen-bond acceptors (Lipinski definition) is 0. The van der Waals surface area contributed by atoms with Crippen molar-refractivity contribution in [1.29, 1.82) is 0 Å². The van der Waals surface area contributed by atoms with Gasteiger partial charge in [0.05, 0.1) is 0 Å². The first-order valence-electron chi connectivity index (χ1n) is 4.13. The number of halogens is 7. The minimum absolute atomic E-state index is 0. The molecule has 17 heavy (non-hydrogen) atoms. The third kappa shape index (κ3) is 4.90. The molecule has 0 saturated heterocycles. The molecular weight excluding hydrogens is 279 g/mol. The van der Waals surface area contributed by atoms with E-state index in [0.717, 1.165) is 6.07 Å². The van der Waals surface area contributed by atoms with Gasteiger partial charge in [0.25, 0.3) is 0 Å². The van der Waals surface area contributed by atoms with Crippen LogP contribution >= 0.6 is 0 Å². The zero-order valence-electron chi connectivity index (χ0n) is 8.61. The van der Waals surface area contributed by atoms with Crippen molar-refractivity contribution in [2.45, 2.75) is 12.3 Å². The molecule has 1 atom stereocenters. The van der Waals surface area contributed by atoms with Gasteiger partial charge in [-0.25, -0.2) is 4.39 Å². The minimum Gasteiger partial charge on any atom is -0.445 e. The van der Waals surface area contributed by atoms with E-state index >= 15 is 0 Å². The van der Waals surface area contributed by atoms with E-state index in [2.05, 4.69) is 0 Å². The Morgan fingerprint density at radius 2 is 1.59 bits per heavy atom. The fraction of sp³-hybridized carbons (Fsp3) is 0.250. The summed E-state index contributed by atoms with van der Waals surface area (Å²) in [5.74, 6) is 0. The molecule has 0 amide bonds. The van der Waals surface area contributed by atoms with Gasteiger partial charge in [-0.2, -0.15) is 13.2 Å². The van der Waals surface area contributed by atoms with Crippen molar-refractivity contribution in [2.75, 3.05) is 0 Å². The van der Waals surface area contributed by atoms with Gasteiger partial charge in [0.2, 0.25) is 6.17 Å². The maximum Gasteiger partial charge on any atom is 1.00 e. The summed E-state index contributed by atoms with van der Waals surface area (Å²) in [6, 6.07) is 2.20. The van der Waals surface area contributed by atoms with Crippen LogP contribution in [0.1, 0.15) is 11.7 Å². The number of rotatable bonds is 2. The van der Waals surface area contributed by atoms with Gasteiger partial charge in [0, 0.05) is 0 Å². The van der Waals surface area contributed by atoms with Gasteiger partial charge in [-0.15, -0.1) is 5.46 Å². The van der Waals surface area contributed by atoms with Crippen molar-refractivity contribution in [3.05, 3.63) is 29.8 Å². The van der Waals surface area contributed by atoms with Crippen molar-refractivity contribution in [3.8, 4) is 0 Å². The zero-order valence-corrected chi connectivity index (χ0v) is 11.7. The Morgan fingerprint density at radius 3 is 2.00 bits per heavy atom. The van der Waals surface area contributed by atoms with Gasteiger partial charge < -0.3 is 12.9 Å². The third-order valence-corrected chi connectivity index (χ3v) is 1.87. The smallest absolute Gasteiger partial charge is 0.445 e. The minimum atomic E-state index is -5.43. The Bertz CT molecular complexity index is 373. The summed E-state index contributed by atoms with van der Waals surface area (Å²) in [5, 5.41) is 0. The van der Waals surface area contributed by atoms with Crippen LogP contribution in [0.4, 0.5) is 30.5 Å². The Kier molecular flexibility index (Phi) is 6.20. The molecule has 9 heteroatoms. The molecular formula is C8H5BF7K. The Labute approximate surface area is 135 Å². The van der Waals surface area contributed by atoms with E-state index in [-0.39, 0.29) is 57.5 Å². The summed E-state index contributed by atoms with van der Waals surface area (Å²) < 4.78 is 85.0. The molecule has 1 aromatic carbocycles. The van der Waals surface area contributed by atoms with E-state index in [4.69, 9.17) is 0 Å². The average Bonchev–Trinajstić information content (AvgIpc) is 2.14. The molecule has 0 N–H and O–H groups in total. The Hall–Kier alpha value is 0.431. The summed E-state index contributed by atoms with van der Waals surface area (Å²) in [7, 11) is 0. The second kappa shape index (κ2) is 6.05. The van der Waals surface area contributed by atoms with Crippen LogP contribution in [0, 0.1) is 0 Å². The quantitative estimate of drug-likeness (QED) is 0.542. The van der Waals surface area contributed by atoms with Gasteiger partial charge >= 0.3 is 64.5 Å². The molecule has 0 aliphatic heterocycles. The molecule has 0 saturated carbocycles. The summed E-state index contributed by atoms with van der Waals surface area (Å²) >= 11 is 0. The predicted octanol–water partition coefficient (Wildman–Crippen LogP) is 0.318. The summed E-state index contributed by atoms with van der Waals surface area (Å²) in [6.07, 6.45) is -8.59. The molecule has 1 unspecified atom stereocenters. The fourth-order valence-corrected chi connectivity index (χ4v) is 1.11. The molecule has 1 rings (SSSR count). The van der Waals surface area contributed by atoms with E-state index in [0.29, 0.717) is 12.1 Å². The average molecular weight is 284 g/mol. The van der Waals surface area contributed by atoms with Crippen LogP contribution in [0.2, 0.25) is 0 Å². The first-order valence-corrected chi connectivity index (χ1v) is 4.13. The molecule has 0 aliphatic rings. The van der Waals surface area contributed by atoms with Crippen molar-refractivity contribution in [1.82, 2.24) is 0 Å². The van der Waals surface area contributed by atoms with Gasteiger partial charge in [-0.1, -0.05) is 24.3 Å². The van der Waals surface area contributed by atoms with Crippen LogP contribution in [0.15, 0.2) is 24.3 Å². The Balaban J connectivity index is 0.00000256. The molecule has 0 nitrogen and oxygen atoms in total. The van der Waals surface area contributed by atoms with E-state index in [1.807, 2.05) is 0 Å². The van der Waals surface area contributed by atoms with E-state index in [9.17, 15) is 30.5 Å². The second-order valence-electron chi connectivity index (χ2n) is 3.15. The standard InChI is InChI=1S/C8H5BF7.K/c10-7(8(11,12)13)5-2-1-3-6(4-5)9(14,15)16;/h1-4,7H;/q-1;+1. The van der Waals surface area contributed by atoms with E-state index in [1.54, 1.807) is 0 Å². The van der Waals surface area contributed by atoms with Crippen molar-refractivity contribution >= 4 is 12.4 Å². The van der Waals surface area contributed by atoms with E-state index < -0.39 is 30.4 Å². The first-order chi connectivity index (χ1) is 7.12. The van der Waals surface area contributed by atoms with Crippen LogP contribution in [-0.2, 0) is 0 Å². The topological polar surface area (TPSA) is 0 Å². The van der Waals surface area contributed by atoms with Crippen LogP contribution in [-0.4, -0.2) is 13.2 Å². The molecule has 0 radical (unpaired) electrons. The summed E-state index contributed by atoms with van der Waals surface area (Å²) in [6.45, 7) is -5.43. The molecule has 0 aromatic heterocycles. The molecule has 0 bridgehead atoms. The van der Waals surface area contributed by atoms with Gasteiger partial charge in [-0.05, 0) is 5.56 Å². The third-order valence-electron chi connectivity index (χ3n) is 1.87. The fourth-order valence-electron chi connectivity index (χ4n) is 1.11. The predicted molar refractivity (Wildman–Crippen MR) is 45.1 cm³/mol.